The number of amides is 1. The Bertz CT molecular complexity index is 732. The highest BCUT2D eigenvalue weighted by molar-refractivity contribution is 5.67. The second kappa shape index (κ2) is 8.94. The number of rotatable bonds is 4. The molecule has 0 heterocycles. The number of carbonyl (C=O) groups excluding carboxylic acids is 1. The molecule has 2 aromatic rings. The van der Waals surface area contributed by atoms with Gasteiger partial charge in [0.05, 0.1) is 0 Å². The summed E-state index contributed by atoms with van der Waals surface area (Å²) in [6.45, 7) is 7.32. The SMILES string of the molecule is CC(C)(C)c1ccc(C#CCCNC(=O)OCc2ccccc2)cc1. The van der Waals surface area contributed by atoms with E-state index in [4.69, 9.17) is 4.74 Å². The van der Waals surface area contributed by atoms with Gasteiger partial charge in [-0.05, 0) is 28.7 Å². The van der Waals surface area contributed by atoms with Crippen molar-refractivity contribution < 1.29 is 9.53 Å². The molecule has 25 heavy (non-hydrogen) atoms. The summed E-state index contributed by atoms with van der Waals surface area (Å²) < 4.78 is 5.14. The van der Waals surface area contributed by atoms with Crippen LogP contribution in [0, 0.1) is 11.8 Å². The Labute approximate surface area is 150 Å². The van der Waals surface area contributed by atoms with Crippen LogP contribution in [0.1, 0.15) is 43.9 Å². The van der Waals surface area contributed by atoms with Gasteiger partial charge in [-0.3, -0.25) is 0 Å². The highest BCUT2D eigenvalue weighted by Crippen LogP contribution is 2.21. The number of nitrogens with one attached hydrogen (secondary N) is 1. The Morgan fingerprint density at radius 3 is 2.36 bits per heavy atom. The van der Waals surface area contributed by atoms with Crippen LogP contribution < -0.4 is 5.32 Å². The molecule has 0 atom stereocenters. The van der Waals surface area contributed by atoms with E-state index >= 15 is 0 Å². The average Bonchev–Trinajstić information content (AvgIpc) is 2.60. The lowest BCUT2D eigenvalue weighted by Crippen LogP contribution is -2.24. The van der Waals surface area contributed by atoms with Crippen LogP contribution in [0.2, 0.25) is 0 Å². The van der Waals surface area contributed by atoms with Gasteiger partial charge < -0.3 is 10.1 Å². The van der Waals surface area contributed by atoms with Crippen molar-refractivity contribution >= 4 is 6.09 Å². The van der Waals surface area contributed by atoms with Crippen LogP contribution in [0.15, 0.2) is 54.6 Å². The molecule has 0 aliphatic heterocycles. The molecule has 0 unspecified atom stereocenters. The van der Waals surface area contributed by atoms with Crippen molar-refractivity contribution in [3.8, 4) is 11.8 Å². The fourth-order valence-corrected chi connectivity index (χ4v) is 2.22. The van der Waals surface area contributed by atoms with Gasteiger partial charge in [0.1, 0.15) is 6.61 Å². The molecule has 0 aliphatic carbocycles. The molecule has 0 bridgehead atoms. The second-order valence-electron chi connectivity index (χ2n) is 6.87. The smallest absolute Gasteiger partial charge is 0.407 e. The highest BCUT2D eigenvalue weighted by Gasteiger charge is 2.12. The van der Waals surface area contributed by atoms with Crippen LogP contribution in [-0.2, 0) is 16.8 Å². The first-order chi connectivity index (χ1) is 11.9. The average molecular weight is 335 g/mol. The number of carbonyl (C=O) groups is 1. The van der Waals surface area contributed by atoms with E-state index in [1.54, 1.807) is 0 Å². The maximum atomic E-state index is 11.6. The van der Waals surface area contributed by atoms with Crippen LogP contribution in [0.4, 0.5) is 4.79 Å². The first-order valence-electron chi connectivity index (χ1n) is 8.49. The first-order valence-corrected chi connectivity index (χ1v) is 8.49. The van der Waals surface area contributed by atoms with Crippen molar-refractivity contribution in [2.75, 3.05) is 6.54 Å². The standard InChI is InChI=1S/C22H25NO2/c1-22(2,3)20-14-12-18(13-15-20)9-7-8-16-23-21(24)25-17-19-10-5-4-6-11-19/h4-6,10-15H,8,16-17H2,1-3H3,(H,23,24). The maximum absolute atomic E-state index is 11.6. The first kappa shape index (κ1) is 18.6. The molecule has 2 rings (SSSR count). The molecule has 0 aromatic heterocycles. The molecule has 0 saturated heterocycles. The van der Waals surface area contributed by atoms with Gasteiger partial charge in [-0.15, -0.1) is 0 Å². The zero-order valence-corrected chi connectivity index (χ0v) is 15.1. The van der Waals surface area contributed by atoms with Crippen LogP contribution in [0.5, 0.6) is 0 Å². The van der Waals surface area contributed by atoms with Crippen molar-refractivity contribution in [3.63, 3.8) is 0 Å². The van der Waals surface area contributed by atoms with E-state index in [1.807, 2.05) is 42.5 Å². The molecular formula is C22H25NO2. The van der Waals surface area contributed by atoms with Crippen LogP contribution in [0.25, 0.3) is 0 Å². The van der Waals surface area contributed by atoms with E-state index in [0.29, 0.717) is 13.0 Å². The molecule has 0 saturated carbocycles. The van der Waals surface area contributed by atoms with Crippen LogP contribution >= 0.6 is 0 Å². The lowest BCUT2D eigenvalue weighted by molar-refractivity contribution is 0.140. The van der Waals surface area contributed by atoms with Gasteiger partial charge in [0.25, 0.3) is 0 Å². The predicted octanol–water partition coefficient (Wildman–Crippen LogP) is 4.65. The molecule has 130 valence electrons. The molecule has 1 amide bonds. The summed E-state index contributed by atoms with van der Waals surface area (Å²) in [5.74, 6) is 6.18. The zero-order chi connectivity index (χ0) is 18.1. The van der Waals surface area contributed by atoms with E-state index < -0.39 is 6.09 Å². The second-order valence-corrected chi connectivity index (χ2v) is 6.87. The molecule has 0 fully saturated rings. The Balaban J connectivity index is 1.69. The monoisotopic (exact) mass is 335 g/mol. The predicted molar refractivity (Wildman–Crippen MR) is 101 cm³/mol. The van der Waals surface area contributed by atoms with Crippen molar-refractivity contribution in [3.05, 3.63) is 71.3 Å². The quantitative estimate of drug-likeness (QED) is 0.652. The summed E-state index contributed by atoms with van der Waals surface area (Å²) in [5, 5.41) is 2.70. The highest BCUT2D eigenvalue weighted by atomic mass is 16.5. The third kappa shape index (κ3) is 6.73. The van der Waals surface area contributed by atoms with E-state index in [9.17, 15) is 4.79 Å². The van der Waals surface area contributed by atoms with Crippen molar-refractivity contribution in [1.82, 2.24) is 5.32 Å². The summed E-state index contributed by atoms with van der Waals surface area (Å²) in [5.41, 5.74) is 3.40. The van der Waals surface area contributed by atoms with E-state index in [1.165, 1.54) is 5.56 Å². The number of benzene rings is 2. The molecule has 0 aliphatic rings. The van der Waals surface area contributed by atoms with Crippen LogP contribution in [0.3, 0.4) is 0 Å². The summed E-state index contributed by atoms with van der Waals surface area (Å²) in [6, 6.07) is 17.9. The normalized spacial score (nSPS) is 10.5. The Hall–Kier alpha value is -2.73. The largest absolute Gasteiger partial charge is 0.445 e. The summed E-state index contributed by atoms with van der Waals surface area (Å²) in [6.07, 6.45) is 0.168. The summed E-state index contributed by atoms with van der Waals surface area (Å²) in [7, 11) is 0. The molecule has 3 heteroatoms. The van der Waals surface area contributed by atoms with Gasteiger partial charge in [-0.25, -0.2) is 4.79 Å². The van der Waals surface area contributed by atoms with Crippen molar-refractivity contribution in [2.45, 2.75) is 39.2 Å². The fraction of sp³-hybridized carbons (Fsp3) is 0.318. The zero-order valence-electron chi connectivity index (χ0n) is 15.1. The lowest BCUT2D eigenvalue weighted by Gasteiger charge is -2.18. The summed E-state index contributed by atoms with van der Waals surface area (Å²) >= 11 is 0. The van der Waals surface area contributed by atoms with E-state index in [0.717, 1.165) is 11.1 Å². The van der Waals surface area contributed by atoms with Gasteiger partial charge in [-0.2, -0.15) is 0 Å². The Morgan fingerprint density at radius 1 is 1.04 bits per heavy atom. The van der Waals surface area contributed by atoms with Gasteiger partial charge in [0.2, 0.25) is 0 Å². The number of ether oxygens (including phenoxy) is 1. The molecular weight excluding hydrogens is 310 g/mol. The van der Waals surface area contributed by atoms with Crippen molar-refractivity contribution in [2.24, 2.45) is 0 Å². The lowest BCUT2D eigenvalue weighted by atomic mass is 9.87. The number of alkyl carbamates (subject to hydrolysis) is 1. The van der Waals surface area contributed by atoms with Gasteiger partial charge in [0.15, 0.2) is 0 Å². The number of hydrogen-bond donors (Lipinski definition) is 1. The van der Waals surface area contributed by atoms with Crippen molar-refractivity contribution in [1.29, 1.82) is 0 Å². The van der Waals surface area contributed by atoms with Gasteiger partial charge in [0, 0.05) is 18.5 Å². The topological polar surface area (TPSA) is 38.3 Å². The minimum Gasteiger partial charge on any atom is -0.445 e. The third-order valence-electron chi connectivity index (χ3n) is 3.72. The molecule has 3 nitrogen and oxygen atoms in total. The third-order valence-corrected chi connectivity index (χ3v) is 3.72. The minimum atomic E-state index is -0.416. The summed E-state index contributed by atoms with van der Waals surface area (Å²) in [4.78, 5) is 11.6. The Morgan fingerprint density at radius 2 is 1.72 bits per heavy atom. The maximum Gasteiger partial charge on any atom is 0.407 e. The van der Waals surface area contributed by atoms with Crippen LogP contribution in [-0.4, -0.2) is 12.6 Å². The molecule has 0 radical (unpaired) electrons. The number of hydrogen-bond acceptors (Lipinski definition) is 2. The molecule has 1 N–H and O–H groups in total. The molecule has 0 spiro atoms. The van der Waals surface area contributed by atoms with E-state index in [2.05, 4.69) is 50.1 Å². The van der Waals surface area contributed by atoms with E-state index in [-0.39, 0.29) is 12.0 Å². The Kier molecular flexibility index (Phi) is 6.65. The minimum absolute atomic E-state index is 0.149. The molecule has 2 aromatic carbocycles. The fourth-order valence-electron chi connectivity index (χ4n) is 2.22. The van der Waals surface area contributed by atoms with Gasteiger partial charge in [-0.1, -0.05) is 75.1 Å². The van der Waals surface area contributed by atoms with Gasteiger partial charge >= 0.3 is 6.09 Å².